The molecule has 1 heterocycles. The second-order valence-electron chi connectivity index (χ2n) is 8.86. The van der Waals surface area contributed by atoms with Crippen molar-refractivity contribution in [1.29, 1.82) is 5.26 Å². The zero-order valence-electron chi connectivity index (χ0n) is 16.5. The van der Waals surface area contributed by atoms with E-state index in [2.05, 4.69) is 6.07 Å². The lowest BCUT2D eigenvalue weighted by Gasteiger charge is -2.28. The van der Waals surface area contributed by atoms with Crippen molar-refractivity contribution in [2.45, 2.75) is 52.4 Å². The summed E-state index contributed by atoms with van der Waals surface area (Å²) in [6.07, 6.45) is 0. The molecule has 26 heavy (non-hydrogen) atoms. The van der Waals surface area contributed by atoms with Crippen LogP contribution in [0, 0.1) is 11.3 Å². The van der Waals surface area contributed by atoms with Crippen LogP contribution in [0.15, 0.2) is 23.4 Å². The Kier molecular flexibility index (Phi) is 5.04. The summed E-state index contributed by atoms with van der Waals surface area (Å²) < 4.78 is 0. The van der Waals surface area contributed by atoms with Gasteiger partial charge in [-0.2, -0.15) is 5.26 Å². The molecule has 0 radical (unpaired) electrons. The van der Waals surface area contributed by atoms with Crippen LogP contribution in [0.3, 0.4) is 0 Å². The van der Waals surface area contributed by atoms with E-state index in [1.165, 1.54) is 0 Å². The molecule has 1 aromatic rings. The lowest BCUT2D eigenvalue weighted by molar-refractivity contribution is 0.103. The topological polar surface area (TPSA) is 64.3 Å². The van der Waals surface area contributed by atoms with Crippen molar-refractivity contribution in [3.8, 4) is 11.8 Å². The first-order valence-corrected chi connectivity index (χ1v) is 9.01. The van der Waals surface area contributed by atoms with Crippen LogP contribution in [0.25, 0.3) is 0 Å². The van der Waals surface area contributed by atoms with Gasteiger partial charge in [-0.1, -0.05) is 53.8 Å². The molecule has 0 atom stereocenters. The van der Waals surface area contributed by atoms with Crippen molar-refractivity contribution in [2.75, 3.05) is 13.6 Å². The van der Waals surface area contributed by atoms with Crippen LogP contribution in [0.2, 0.25) is 0 Å². The summed E-state index contributed by atoms with van der Waals surface area (Å²) in [5.74, 6) is -0.0333. The number of benzene rings is 1. The number of thiocarbonyl (C=S) groups is 1. The van der Waals surface area contributed by atoms with Crippen LogP contribution < -0.4 is 0 Å². The average molecular weight is 371 g/mol. The predicted molar refractivity (Wildman–Crippen MR) is 108 cm³/mol. The van der Waals surface area contributed by atoms with Gasteiger partial charge >= 0.3 is 0 Å². The largest absolute Gasteiger partial charge is 0.507 e. The van der Waals surface area contributed by atoms with Crippen molar-refractivity contribution < 1.29 is 9.90 Å². The number of ketones is 1. The second-order valence-corrected chi connectivity index (χ2v) is 9.36. The summed E-state index contributed by atoms with van der Waals surface area (Å²) in [6.45, 7) is 12.4. The summed E-state index contributed by atoms with van der Waals surface area (Å²) in [6, 6.07) is 5.56. The van der Waals surface area contributed by atoms with Crippen molar-refractivity contribution >= 4 is 22.9 Å². The molecule has 2 rings (SSSR count). The summed E-state index contributed by atoms with van der Waals surface area (Å²) in [5.41, 5.74) is 1.82. The van der Waals surface area contributed by atoms with E-state index in [-0.39, 0.29) is 22.4 Å². The zero-order chi connectivity index (χ0) is 20.0. The summed E-state index contributed by atoms with van der Waals surface area (Å²) in [4.78, 5) is 15.4. The van der Waals surface area contributed by atoms with Gasteiger partial charge in [0, 0.05) is 28.6 Å². The Morgan fingerprint density at radius 1 is 1.15 bits per heavy atom. The predicted octanol–water partition coefficient (Wildman–Crippen LogP) is 4.26. The number of phenolic OH excluding ortho intramolecular Hbond substituents is 1. The van der Waals surface area contributed by atoms with E-state index < -0.39 is 0 Å². The van der Waals surface area contributed by atoms with E-state index in [0.717, 1.165) is 0 Å². The number of Topliss-reactive ketones (excluding diaryl/α,β-unsaturated/α-hetero) is 1. The van der Waals surface area contributed by atoms with Crippen LogP contribution in [0.1, 0.15) is 63.0 Å². The minimum absolute atomic E-state index is 0.224. The van der Waals surface area contributed by atoms with Gasteiger partial charge in [0.2, 0.25) is 0 Å². The minimum Gasteiger partial charge on any atom is -0.507 e. The summed E-state index contributed by atoms with van der Waals surface area (Å²) in [5, 5.41) is 20.2. The average Bonchev–Trinajstić information content (AvgIpc) is 2.77. The molecule has 0 amide bonds. The number of phenols is 1. The van der Waals surface area contributed by atoms with Gasteiger partial charge in [0.25, 0.3) is 0 Å². The Bertz CT molecular complexity index is 826. The number of aromatic hydroxyl groups is 1. The third-order valence-electron chi connectivity index (χ3n) is 4.60. The van der Waals surface area contributed by atoms with Gasteiger partial charge in [-0.3, -0.25) is 4.79 Å². The smallest absolute Gasteiger partial charge is 0.197 e. The fourth-order valence-electron chi connectivity index (χ4n) is 3.13. The first-order valence-electron chi connectivity index (χ1n) is 8.60. The first-order chi connectivity index (χ1) is 11.8. The van der Waals surface area contributed by atoms with Crippen molar-refractivity contribution in [2.24, 2.45) is 0 Å². The van der Waals surface area contributed by atoms with E-state index in [1.54, 1.807) is 24.1 Å². The van der Waals surface area contributed by atoms with Gasteiger partial charge in [-0.15, -0.1) is 0 Å². The number of carbonyl (C=O) groups excluding carboxylic acids is 1. The number of rotatable bonds is 2. The van der Waals surface area contributed by atoms with Gasteiger partial charge in [-0.05, 0) is 23.0 Å². The standard InChI is InChI=1S/C21H26N2O2S/c1-20(2,3)13-8-12(9-14(19(13)25)21(4,5)6)18(24)17-15(10-22)23(7)11-16(17)26/h8-9,25H,11H2,1-7H3. The highest BCUT2D eigenvalue weighted by Gasteiger charge is 2.33. The van der Waals surface area contributed by atoms with Gasteiger partial charge < -0.3 is 10.0 Å². The third kappa shape index (κ3) is 3.52. The Hall–Kier alpha value is -2.19. The Morgan fingerprint density at radius 3 is 2.00 bits per heavy atom. The van der Waals surface area contributed by atoms with Gasteiger partial charge in [-0.25, -0.2) is 0 Å². The number of nitriles is 1. The molecule has 4 nitrogen and oxygen atoms in total. The van der Waals surface area contributed by atoms with Crippen LogP contribution in [0.4, 0.5) is 0 Å². The molecule has 0 fully saturated rings. The molecule has 0 saturated carbocycles. The molecule has 0 aromatic heterocycles. The third-order valence-corrected chi connectivity index (χ3v) is 4.93. The summed E-state index contributed by atoms with van der Waals surface area (Å²) in [7, 11) is 1.75. The monoisotopic (exact) mass is 370 g/mol. The maximum Gasteiger partial charge on any atom is 0.197 e. The molecule has 138 valence electrons. The number of allylic oxidation sites excluding steroid dienone is 1. The van der Waals surface area contributed by atoms with Crippen LogP contribution in [0.5, 0.6) is 5.75 Å². The molecule has 1 aliphatic heterocycles. The fraction of sp³-hybridized carbons (Fsp3) is 0.476. The van der Waals surface area contributed by atoms with Crippen molar-refractivity contribution in [1.82, 2.24) is 4.90 Å². The minimum atomic E-state index is -0.334. The molecular weight excluding hydrogens is 344 g/mol. The van der Waals surface area contributed by atoms with E-state index >= 15 is 0 Å². The molecule has 0 bridgehead atoms. The SMILES string of the molecule is CN1CC(=S)C(C(=O)c2cc(C(C)(C)C)c(O)c(C(C)(C)C)c2)=C1C#N. The number of nitrogens with zero attached hydrogens (tertiary/aromatic N) is 2. The molecule has 0 unspecified atom stereocenters. The Labute approximate surface area is 161 Å². The molecule has 0 spiro atoms. The lowest BCUT2D eigenvalue weighted by Crippen LogP contribution is -2.20. The quantitative estimate of drug-likeness (QED) is 0.622. The van der Waals surface area contributed by atoms with Crippen molar-refractivity contribution in [3.05, 3.63) is 40.1 Å². The Balaban J connectivity index is 2.75. The lowest BCUT2D eigenvalue weighted by atomic mass is 9.77. The normalized spacial score (nSPS) is 15.5. The molecule has 1 N–H and O–H groups in total. The summed E-state index contributed by atoms with van der Waals surface area (Å²) >= 11 is 5.35. The fourth-order valence-corrected chi connectivity index (χ4v) is 3.51. The highest BCUT2D eigenvalue weighted by molar-refractivity contribution is 7.81. The van der Waals surface area contributed by atoms with E-state index in [9.17, 15) is 15.2 Å². The zero-order valence-corrected chi connectivity index (χ0v) is 17.3. The highest BCUT2D eigenvalue weighted by atomic mass is 32.1. The number of hydrogen-bond donors (Lipinski definition) is 1. The molecule has 1 aromatic carbocycles. The molecular formula is C21H26N2O2S. The molecule has 0 aliphatic carbocycles. The van der Waals surface area contributed by atoms with Gasteiger partial charge in [0.05, 0.1) is 12.1 Å². The molecule has 0 saturated heterocycles. The van der Waals surface area contributed by atoms with Gasteiger partial charge in [0.15, 0.2) is 5.78 Å². The molecule has 5 heteroatoms. The maximum absolute atomic E-state index is 13.2. The first kappa shape index (κ1) is 20.1. The Morgan fingerprint density at radius 2 is 1.62 bits per heavy atom. The second kappa shape index (κ2) is 6.51. The van der Waals surface area contributed by atoms with E-state index in [1.807, 2.05) is 41.5 Å². The van der Waals surface area contributed by atoms with Crippen LogP contribution >= 0.6 is 12.2 Å². The van der Waals surface area contributed by atoms with Crippen molar-refractivity contribution in [3.63, 3.8) is 0 Å². The van der Waals surface area contributed by atoms with E-state index in [4.69, 9.17) is 12.2 Å². The van der Waals surface area contributed by atoms with Crippen LogP contribution in [-0.2, 0) is 10.8 Å². The number of hydrogen-bond acceptors (Lipinski definition) is 5. The van der Waals surface area contributed by atoms with Crippen LogP contribution in [-0.4, -0.2) is 34.2 Å². The number of carbonyl (C=O) groups is 1. The molecule has 1 aliphatic rings. The highest BCUT2D eigenvalue weighted by Crippen LogP contribution is 2.40. The van der Waals surface area contributed by atoms with E-state index in [0.29, 0.717) is 39.4 Å². The maximum atomic E-state index is 13.2. The van der Waals surface area contributed by atoms with Gasteiger partial charge in [0.1, 0.15) is 17.5 Å².